The van der Waals surface area contributed by atoms with E-state index in [1.165, 1.54) is 19.3 Å². The Bertz CT molecular complexity index is 641. The lowest BCUT2D eigenvalue weighted by atomic mass is 9.69. The highest BCUT2D eigenvalue weighted by atomic mass is 16.5. The number of aromatic nitrogens is 2. The number of carbonyl (C=O) groups excluding carboxylic acids is 1. The molecule has 1 saturated carbocycles. The number of carbonyl (C=O) groups is 1. The van der Waals surface area contributed by atoms with Crippen LogP contribution in [0, 0.1) is 17.8 Å². The SMILES string of the molecule is Cn1ccnc1C1CC(NC(=O)NCC2CC3C=CC2CC3)CCO1. The molecule has 5 atom stereocenters. The quantitative estimate of drug-likeness (QED) is 0.825. The number of imidazole rings is 1. The molecule has 3 aliphatic carbocycles. The number of hydrogen-bond donors (Lipinski definition) is 2. The maximum atomic E-state index is 12.3. The van der Waals surface area contributed by atoms with Crippen LogP contribution >= 0.6 is 0 Å². The van der Waals surface area contributed by atoms with E-state index in [0.29, 0.717) is 18.4 Å². The maximum absolute atomic E-state index is 12.3. The van der Waals surface area contributed by atoms with Crippen LogP contribution in [-0.4, -0.2) is 34.8 Å². The zero-order chi connectivity index (χ0) is 17.2. The summed E-state index contributed by atoms with van der Waals surface area (Å²) in [6.07, 6.45) is 13.8. The summed E-state index contributed by atoms with van der Waals surface area (Å²) in [6.45, 7) is 1.43. The second-order valence-corrected chi connectivity index (χ2v) is 7.71. The van der Waals surface area contributed by atoms with E-state index in [0.717, 1.165) is 31.1 Å². The first-order chi connectivity index (χ1) is 12.2. The van der Waals surface area contributed by atoms with Crippen LogP contribution in [0.4, 0.5) is 4.79 Å². The first kappa shape index (κ1) is 16.6. The molecule has 1 aliphatic heterocycles. The van der Waals surface area contributed by atoms with E-state index < -0.39 is 0 Å². The summed E-state index contributed by atoms with van der Waals surface area (Å²) < 4.78 is 7.83. The fourth-order valence-corrected chi connectivity index (χ4v) is 4.54. The van der Waals surface area contributed by atoms with Crippen molar-refractivity contribution in [3.05, 3.63) is 30.4 Å². The third-order valence-electron chi connectivity index (χ3n) is 6.00. The van der Waals surface area contributed by atoms with Gasteiger partial charge in [-0.15, -0.1) is 0 Å². The van der Waals surface area contributed by atoms with Gasteiger partial charge >= 0.3 is 6.03 Å². The van der Waals surface area contributed by atoms with Crippen molar-refractivity contribution in [1.29, 1.82) is 0 Å². The van der Waals surface area contributed by atoms with Gasteiger partial charge in [-0.2, -0.15) is 0 Å². The molecule has 25 heavy (non-hydrogen) atoms. The molecule has 0 radical (unpaired) electrons. The zero-order valence-electron chi connectivity index (χ0n) is 14.9. The van der Waals surface area contributed by atoms with Crippen LogP contribution < -0.4 is 10.6 Å². The summed E-state index contributed by atoms with van der Waals surface area (Å²) in [5.74, 6) is 2.91. The first-order valence-corrected chi connectivity index (χ1v) is 9.50. The Kier molecular flexibility index (Phi) is 4.79. The predicted molar refractivity (Wildman–Crippen MR) is 94.9 cm³/mol. The van der Waals surface area contributed by atoms with Gasteiger partial charge in [-0.3, -0.25) is 0 Å². The van der Waals surface area contributed by atoms with Crippen LogP contribution in [0.2, 0.25) is 0 Å². The van der Waals surface area contributed by atoms with E-state index in [1.807, 2.05) is 17.8 Å². The summed E-state index contributed by atoms with van der Waals surface area (Å²) >= 11 is 0. The highest BCUT2D eigenvalue weighted by Crippen LogP contribution is 2.39. The standard InChI is InChI=1S/C19H28N4O2/c1-23-8-7-20-18(23)17-11-16(6-9-25-17)22-19(24)21-12-15-10-13-2-4-14(15)5-3-13/h2,4,7-8,13-17H,3,5-6,9-12H2,1H3,(H2,21,22,24). The summed E-state index contributed by atoms with van der Waals surface area (Å²) in [7, 11) is 1.97. The van der Waals surface area contributed by atoms with E-state index in [2.05, 4.69) is 27.8 Å². The third kappa shape index (κ3) is 3.73. The molecule has 1 aromatic heterocycles. The van der Waals surface area contributed by atoms with Crippen LogP contribution in [0.1, 0.15) is 44.0 Å². The van der Waals surface area contributed by atoms with Crippen LogP contribution in [0.15, 0.2) is 24.5 Å². The van der Waals surface area contributed by atoms with Crippen molar-refractivity contribution in [2.75, 3.05) is 13.2 Å². The molecule has 136 valence electrons. The first-order valence-electron chi connectivity index (χ1n) is 9.50. The van der Waals surface area contributed by atoms with Gasteiger partial charge in [0, 0.05) is 45.1 Å². The summed E-state index contributed by atoms with van der Waals surface area (Å²) in [4.78, 5) is 16.7. The van der Waals surface area contributed by atoms with E-state index in [-0.39, 0.29) is 18.2 Å². The number of ether oxygens (including phenoxy) is 1. The Hall–Kier alpha value is -1.82. The molecule has 1 saturated heterocycles. The van der Waals surface area contributed by atoms with Crippen molar-refractivity contribution < 1.29 is 9.53 Å². The molecule has 0 spiro atoms. The van der Waals surface area contributed by atoms with Gasteiger partial charge in [-0.25, -0.2) is 9.78 Å². The number of rotatable bonds is 4. The Morgan fingerprint density at radius 1 is 1.32 bits per heavy atom. The van der Waals surface area contributed by atoms with Gasteiger partial charge in [0.25, 0.3) is 0 Å². The molecule has 2 fully saturated rings. The van der Waals surface area contributed by atoms with Crippen LogP contribution in [0.3, 0.4) is 0 Å². The molecule has 6 nitrogen and oxygen atoms in total. The van der Waals surface area contributed by atoms with Crippen molar-refractivity contribution in [3.63, 3.8) is 0 Å². The van der Waals surface area contributed by atoms with Crippen LogP contribution in [0.25, 0.3) is 0 Å². The molecular formula is C19H28N4O2. The second-order valence-electron chi connectivity index (χ2n) is 7.71. The average molecular weight is 344 g/mol. The average Bonchev–Trinajstić information content (AvgIpc) is 3.07. The van der Waals surface area contributed by atoms with Gasteiger partial charge in [-0.05, 0) is 43.4 Å². The molecule has 2 heterocycles. The number of amides is 2. The van der Waals surface area contributed by atoms with Gasteiger partial charge in [0.15, 0.2) is 0 Å². The van der Waals surface area contributed by atoms with Crippen molar-refractivity contribution in [2.24, 2.45) is 24.8 Å². The zero-order valence-corrected chi connectivity index (χ0v) is 14.9. The van der Waals surface area contributed by atoms with Gasteiger partial charge in [-0.1, -0.05) is 12.2 Å². The number of aryl methyl sites for hydroxylation is 1. The third-order valence-corrected chi connectivity index (χ3v) is 6.00. The molecule has 2 N–H and O–H groups in total. The topological polar surface area (TPSA) is 68.2 Å². The summed E-state index contributed by atoms with van der Waals surface area (Å²) in [5, 5.41) is 6.23. The summed E-state index contributed by atoms with van der Waals surface area (Å²) in [5.41, 5.74) is 0. The van der Waals surface area contributed by atoms with Gasteiger partial charge < -0.3 is 19.9 Å². The molecule has 1 aromatic rings. The number of urea groups is 1. The molecule has 0 aromatic carbocycles. The van der Waals surface area contributed by atoms with Crippen molar-refractivity contribution >= 4 is 6.03 Å². The highest BCUT2D eigenvalue weighted by Gasteiger charge is 2.32. The molecule has 5 unspecified atom stereocenters. The fraction of sp³-hybridized carbons (Fsp3) is 0.684. The van der Waals surface area contributed by atoms with Crippen LogP contribution in [-0.2, 0) is 11.8 Å². The van der Waals surface area contributed by atoms with E-state index >= 15 is 0 Å². The minimum Gasteiger partial charge on any atom is -0.370 e. The van der Waals surface area contributed by atoms with E-state index in [4.69, 9.17) is 4.74 Å². The molecule has 6 heteroatoms. The summed E-state index contributed by atoms with van der Waals surface area (Å²) in [6, 6.07) is 0.0917. The predicted octanol–water partition coefficient (Wildman–Crippen LogP) is 2.54. The van der Waals surface area contributed by atoms with Crippen LogP contribution in [0.5, 0.6) is 0 Å². The Morgan fingerprint density at radius 2 is 2.24 bits per heavy atom. The largest absolute Gasteiger partial charge is 0.370 e. The fourth-order valence-electron chi connectivity index (χ4n) is 4.54. The number of allylic oxidation sites excluding steroid dienone is 2. The lowest BCUT2D eigenvalue weighted by Gasteiger charge is -2.38. The van der Waals surface area contributed by atoms with E-state index in [1.54, 1.807) is 6.20 Å². The van der Waals surface area contributed by atoms with Crippen molar-refractivity contribution in [1.82, 2.24) is 20.2 Å². The van der Waals surface area contributed by atoms with E-state index in [9.17, 15) is 4.79 Å². The van der Waals surface area contributed by atoms with Gasteiger partial charge in [0.1, 0.15) is 11.9 Å². The normalized spacial score (nSPS) is 34.0. The Balaban J connectivity index is 1.25. The highest BCUT2D eigenvalue weighted by molar-refractivity contribution is 5.74. The smallest absolute Gasteiger partial charge is 0.315 e. The molecular weight excluding hydrogens is 316 g/mol. The molecule has 2 amide bonds. The Morgan fingerprint density at radius 3 is 2.92 bits per heavy atom. The van der Waals surface area contributed by atoms with Gasteiger partial charge in [0.2, 0.25) is 0 Å². The molecule has 5 rings (SSSR count). The Labute approximate surface area is 149 Å². The monoisotopic (exact) mass is 344 g/mol. The second kappa shape index (κ2) is 7.20. The molecule has 4 aliphatic rings. The number of nitrogens with one attached hydrogen (secondary N) is 2. The van der Waals surface area contributed by atoms with Gasteiger partial charge in [0.05, 0.1) is 0 Å². The van der Waals surface area contributed by atoms with Crippen molar-refractivity contribution in [2.45, 2.75) is 44.2 Å². The lowest BCUT2D eigenvalue weighted by molar-refractivity contribution is -0.00439. The number of nitrogens with zero attached hydrogens (tertiary/aromatic N) is 2. The maximum Gasteiger partial charge on any atom is 0.315 e. The number of hydrogen-bond acceptors (Lipinski definition) is 3. The number of fused-ring (bicyclic) bond motifs is 2. The van der Waals surface area contributed by atoms with Crippen molar-refractivity contribution in [3.8, 4) is 0 Å². The minimum absolute atomic E-state index is 0.0433. The lowest BCUT2D eigenvalue weighted by Crippen LogP contribution is -2.47. The molecule has 2 bridgehead atoms. The minimum atomic E-state index is -0.0454.